The van der Waals surface area contributed by atoms with Gasteiger partial charge in [-0.1, -0.05) is 6.07 Å². The van der Waals surface area contributed by atoms with Crippen molar-refractivity contribution < 1.29 is 19.4 Å². The Hall–Kier alpha value is -3.75. The molecule has 166 valence electrons. The average molecular weight is 434 g/mol. The van der Waals surface area contributed by atoms with E-state index in [0.29, 0.717) is 40.3 Å². The molecule has 0 bridgehead atoms. The van der Waals surface area contributed by atoms with Crippen molar-refractivity contribution in [1.82, 2.24) is 10.2 Å². The lowest BCUT2D eigenvalue weighted by atomic mass is 9.77. The molecule has 2 aliphatic rings. The Bertz CT molecular complexity index is 1100. The summed E-state index contributed by atoms with van der Waals surface area (Å²) >= 11 is 0. The Labute approximate surface area is 187 Å². The smallest absolute Gasteiger partial charge is 0.336 e. The summed E-state index contributed by atoms with van der Waals surface area (Å²) in [4.78, 5) is 14.9. The summed E-state index contributed by atoms with van der Waals surface area (Å²) in [5.74, 6) is -0.813. The fourth-order valence-corrected chi connectivity index (χ4v) is 4.15. The van der Waals surface area contributed by atoms with E-state index in [-0.39, 0.29) is 13.0 Å². The van der Waals surface area contributed by atoms with Gasteiger partial charge in [0.25, 0.3) is 0 Å². The Kier molecular flexibility index (Phi) is 6.87. The van der Waals surface area contributed by atoms with E-state index < -0.39 is 18.1 Å². The summed E-state index contributed by atoms with van der Waals surface area (Å²) in [6, 6.07) is 9.06. The highest BCUT2D eigenvalue weighted by Crippen LogP contribution is 2.46. The monoisotopic (exact) mass is 434 g/mol. The molecule has 0 spiro atoms. The van der Waals surface area contributed by atoms with Gasteiger partial charge in [0.2, 0.25) is 0 Å². The van der Waals surface area contributed by atoms with Crippen LogP contribution in [0.2, 0.25) is 0 Å². The number of aliphatic hydroxyl groups excluding tert-OH is 1. The van der Waals surface area contributed by atoms with Gasteiger partial charge in [-0.05, 0) is 38.5 Å². The number of ether oxygens (including phenoxy) is 2. The molecule has 1 aromatic carbocycles. The summed E-state index contributed by atoms with van der Waals surface area (Å²) in [5, 5.41) is 32.6. The second-order valence-electron chi connectivity index (χ2n) is 7.56. The molecule has 2 atom stereocenters. The van der Waals surface area contributed by atoms with Crippen molar-refractivity contribution in [3.05, 3.63) is 63.6 Å². The number of allylic oxidation sites excluding steroid dienone is 2. The maximum absolute atomic E-state index is 13.1. The van der Waals surface area contributed by atoms with Gasteiger partial charge in [-0.25, -0.2) is 4.79 Å². The summed E-state index contributed by atoms with van der Waals surface area (Å²) in [7, 11) is 1.50. The molecule has 2 aliphatic heterocycles. The molecular formula is C24H26N4O4. The van der Waals surface area contributed by atoms with Crippen LogP contribution >= 0.6 is 0 Å². The minimum absolute atomic E-state index is 0.0299. The van der Waals surface area contributed by atoms with Crippen LogP contribution in [0.15, 0.2) is 52.5 Å². The van der Waals surface area contributed by atoms with E-state index in [1.165, 1.54) is 7.11 Å². The van der Waals surface area contributed by atoms with Crippen molar-refractivity contribution in [2.45, 2.75) is 39.3 Å². The fourth-order valence-electron chi connectivity index (χ4n) is 4.15. The normalized spacial score (nSPS) is 20.0. The molecule has 0 saturated heterocycles. The topological polar surface area (TPSA) is 119 Å². The molecule has 1 aromatic rings. The number of benzene rings is 1. The number of dihydropyridines is 1. The number of nitrogens with zero attached hydrogens (tertiary/aromatic N) is 3. The molecular weight excluding hydrogens is 408 g/mol. The largest absolute Gasteiger partial charge is 0.496 e. The number of methoxy groups -OCH3 is 1. The third kappa shape index (κ3) is 4.05. The van der Waals surface area contributed by atoms with E-state index in [4.69, 9.17) is 14.7 Å². The van der Waals surface area contributed by atoms with E-state index in [9.17, 15) is 15.2 Å². The first kappa shape index (κ1) is 22.9. The number of esters is 1. The second-order valence-corrected chi connectivity index (χ2v) is 7.56. The Morgan fingerprint density at radius 3 is 2.69 bits per heavy atom. The van der Waals surface area contributed by atoms with Gasteiger partial charge in [0.1, 0.15) is 12.4 Å². The highest BCUT2D eigenvalue weighted by molar-refractivity contribution is 5.93. The number of likely N-dealkylation sites (N-methyl/N-ethyl adjacent to an activating group) is 1. The van der Waals surface area contributed by atoms with Gasteiger partial charge in [-0.2, -0.15) is 10.5 Å². The number of nitriles is 2. The predicted octanol–water partition coefficient (Wildman–Crippen LogP) is 2.80. The second kappa shape index (κ2) is 9.59. The number of rotatable bonds is 6. The molecule has 0 saturated carbocycles. The molecule has 0 radical (unpaired) electrons. The van der Waals surface area contributed by atoms with Crippen LogP contribution in [0.4, 0.5) is 0 Å². The zero-order valence-corrected chi connectivity index (χ0v) is 18.6. The van der Waals surface area contributed by atoms with Crippen LogP contribution in [-0.2, 0) is 9.53 Å². The number of aliphatic hydroxyl groups is 1. The van der Waals surface area contributed by atoms with Crippen molar-refractivity contribution in [1.29, 1.82) is 10.5 Å². The molecule has 2 heterocycles. The zero-order chi connectivity index (χ0) is 23.4. The van der Waals surface area contributed by atoms with E-state index in [0.717, 1.165) is 11.3 Å². The lowest BCUT2D eigenvalue weighted by Gasteiger charge is -2.41. The van der Waals surface area contributed by atoms with Gasteiger partial charge >= 0.3 is 5.97 Å². The van der Waals surface area contributed by atoms with E-state index >= 15 is 0 Å². The molecule has 2 N–H and O–H groups in total. The first-order valence-corrected chi connectivity index (χ1v) is 10.3. The quantitative estimate of drug-likeness (QED) is 0.518. The number of hydrogen-bond acceptors (Lipinski definition) is 8. The summed E-state index contributed by atoms with van der Waals surface area (Å²) in [6.45, 7) is 6.19. The number of nitrogens with one attached hydrogen (secondary N) is 1. The summed E-state index contributed by atoms with van der Waals surface area (Å²) in [5.41, 5.74) is 4.24. The third-order valence-electron chi connectivity index (χ3n) is 5.66. The Morgan fingerprint density at radius 1 is 1.31 bits per heavy atom. The Morgan fingerprint density at radius 2 is 2.06 bits per heavy atom. The van der Waals surface area contributed by atoms with Crippen LogP contribution in [0.5, 0.6) is 5.75 Å². The number of carbonyl (C=O) groups is 1. The van der Waals surface area contributed by atoms with Gasteiger partial charge in [-0.15, -0.1) is 0 Å². The summed E-state index contributed by atoms with van der Waals surface area (Å²) in [6.07, 6.45) is 0.984. The molecule has 0 aliphatic carbocycles. The van der Waals surface area contributed by atoms with E-state index in [2.05, 4.69) is 11.4 Å². The Balaban J connectivity index is 2.22. The van der Waals surface area contributed by atoms with Crippen LogP contribution in [0, 0.1) is 22.7 Å². The van der Waals surface area contributed by atoms with Crippen molar-refractivity contribution in [3.63, 3.8) is 0 Å². The van der Waals surface area contributed by atoms with Gasteiger partial charge in [0.05, 0.1) is 36.8 Å². The minimum Gasteiger partial charge on any atom is -0.496 e. The third-order valence-corrected chi connectivity index (χ3v) is 5.66. The van der Waals surface area contributed by atoms with Crippen molar-refractivity contribution in [2.24, 2.45) is 0 Å². The highest BCUT2D eigenvalue weighted by atomic mass is 16.5. The molecule has 3 rings (SSSR count). The van der Waals surface area contributed by atoms with Crippen molar-refractivity contribution >= 4 is 5.97 Å². The van der Waals surface area contributed by atoms with Gasteiger partial charge in [0.15, 0.2) is 6.23 Å². The lowest BCUT2D eigenvalue weighted by molar-refractivity contribution is -0.139. The van der Waals surface area contributed by atoms with Crippen LogP contribution in [0.1, 0.15) is 44.2 Å². The molecule has 32 heavy (non-hydrogen) atoms. The number of carbonyl (C=O) groups excluding carboxylic acids is 1. The molecule has 2 unspecified atom stereocenters. The maximum atomic E-state index is 13.1. The van der Waals surface area contributed by atoms with Crippen LogP contribution in [0.3, 0.4) is 0 Å². The van der Waals surface area contributed by atoms with Crippen molar-refractivity contribution in [3.8, 4) is 17.9 Å². The van der Waals surface area contributed by atoms with Gasteiger partial charge in [0, 0.05) is 41.2 Å². The maximum Gasteiger partial charge on any atom is 0.336 e. The predicted molar refractivity (Wildman–Crippen MR) is 117 cm³/mol. The average Bonchev–Trinajstić information content (AvgIpc) is 2.80. The van der Waals surface area contributed by atoms with Crippen LogP contribution in [-0.4, -0.2) is 42.5 Å². The van der Waals surface area contributed by atoms with Crippen LogP contribution < -0.4 is 10.1 Å². The fraction of sp³-hybridized carbons (Fsp3) is 0.375. The SMILES string of the molecule is CCN1C=C(C)C2=C(C(c3ccc(C#N)cc3OC)C(C(=O)OCCC#N)=C(C)N2)C1O. The van der Waals surface area contributed by atoms with E-state index in [1.807, 2.05) is 26.1 Å². The molecule has 8 nitrogen and oxygen atoms in total. The van der Waals surface area contributed by atoms with Crippen LogP contribution in [0.25, 0.3) is 0 Å². The highest BCUT2D eigenvalue weighted by Gasteiger charge is 2.42. The molecule has 0 fully saturated rings. The van der Waals surface area contributed by atoms with Crippen molar-refractivity contribution in [2.75, 3.05) is 20.3 Å². The zero-order valence-electron chi connectivity index (χ0n) is 18.6. The first-order chi connectivity index (χ1) is 15.4. The van der Waals surface area contributed by atoms with Gasteiger partial charge in [-0.3, -0.25) is 0 Å². The summed E-state index contributed by atoms with van der Waals surface area (Å²) < 4.78 is 10.9. The van der Waals surface area contributed by atoms with Gasteiger partial charge < -0.3 is 24.8 Å². The molecule has 0 amide bonds. The first-order valence-electron chi connectivity index (χ1n) is 10.3. The number of hydrogen-bond donors (Lipinski definition) is 2. The lowest BCUT2D eigenvalue weighted by Crippen LogP contribution is -2.43. The van der Waals surface area contributed by atoms with E-state index in [1.54, 1.807) is 30.0 Å². The molecule has 8 heteroatoms. The minimum atomic E-state index is -0.980. The molecule has 0 aromatic heterocycles. The standard InChI is InChI=1S/C24H26N4O4/c1-5-28-13-14(2)22-21(23(28)29)20(17-8-7-16(12-26)11-18(17)31-4)19(15(3)27-22)24(30)32-10-6-9-25/h7-8,11,13,20,23,27,29H,5-6,10H2,1-4H3.